The van der Waals surface area contributed by atoms with Gasteiger partial charge in [-0.1, -0.05) is 0 Å². The molecule has 0 aliphatic heterocycles. The summed E-state index contributed by atoms with van der Waals surface area (Å²) in [5, 5.41) is 49.0. The van der Waals surface area contributed by atoms with E-state index in [2.05, 4.69) is 0 Å². The molecule has 0 aliphatic rings. The van der Waals surface area contributed by atoms with Crippen molar-refractivity contribution in [3.8, 4) is 0 Å². The van der Waals surface area contributed by atoms with Crippen LogP contribution in [0.2, 0.25) is 0 Å². The Hall–Kier alpha value is 0.226. The third-order valence-electron chi connectivity index (χ3n) is 0. The van der Waals surface area contributed by atoms with Crippen LogP contribution in [0.4, 0.5) is 0 Å². The maximum absolute atomic E-state index is 7.00. The minimum absolute atomic E-state index is 0. The SMILES string of the molecule is CO.CO.CO.CO.CO.CO.CO.[Co+2]. The van der Waals surface area contributed by atoms with Gasteiger partial charge in [-0.15, -0.1) is 0 Å². The molecule has 0 amide bonds. The maximum Gasteiger partial charge on any atom is 2.00 e. The van der Waals surface area contributed by atoms with E-state index in [1.165, 1.54) is 0 Å². The Morgan fingerprint density at radius 2 is 0.267 bits per heavy atom. The molecule has 0 aliphatic carbocycles. The van der Waals surface area contributed by atoms with Crippen LogP contribution in [0.15, 0.2) is 0 Å². The number of hydrogen-bond acceptors (Lipinski definition) is 7. The van der Waals surface area contributed by atoms with Crippen molar-refractivity contribution in [2.75, 3.05) is 49.8 Å². The maximum atomic E-state index is 7.00. The van der Waals surface area contributed by atoms with E-state index in [9.17, 15) is 0 Å². The summed E-state index contributed by atoms with van der Waals surface area (Å²) in [6, 6.07) is 0. The predicted molar refractivity (Wildman–Crippen MR) is 57.0 cm³/mol. The van der Waals surface area contributed by atoms with Crippen LogP contribution in [0.3, 0.4) is 0 Å². The molecule has 0 heterocycles. The molecule has 0 spiro atoms. The molecule has 1 radical (unpaired) electrons. The van der Waals surface area contributed by atoms with E-state index < -0.39 is 0 Å². The average molecular weight is 283 g/mol. The van der Waals surface area contributed by atoms with E-state index in [1.807, 2.05) is 0 Å². The van der Waals surface area contributed by atoms with Crippen molar-refractivity contribution in [2.24, 2.45) is 0 Å². The normalized spacial score (nSPS) is 2.80. The molecule has 0 saturated heterocycles. The zero-order valence-corrected chi connectivity index (χ0v) is 11.5. The Morgan fingerprint density at radius 3 is 0.267 bits per heavy atom. The van der Waals surface area contributed by atoms with Crippen LogP contribution < -0.4 is 0 Å². The van der Waals surface area contributed by atoms with E-state index in [4.69, 9.17) is 35.7 Å². The zero-order chi connectivity index (χ0) is 14.0. The summed E-state index contributed by atoms with van der Waals surface area (Å²) in [5.41, 5.74) is 0. The average Bonchev–Trinajstić information content (AvgIpc) is 2.45. The number of aliphatic hydroxyl groups excluding tert-OH is 7. The standard InChI is InChI=1S/7CH4O.Co/c7*1-2;/h7*2H,1H3;/q;;;;;;;+2. The fraction of sp³-hybridized carbons (Fsp3) is 1.00. The van der Waals surface area contributed by atoms with Crippen LogP contribution in [0.1, 0.15) is 0 Å². The van der Waals surface area contributed by atoms with Crippen molar-refractivity contribution in [3.05, 3.63) is 0 Å². The molecule has 0 atom stereocenters. The Morgan fingerprint density at radius 1 is 0.267 bits per heavy atom. The van der Waals surface area contributed by atoms with Crippen LogP contribution in [0.25, 0.3) is 0 Å². The fourth-order valence-corrected chi connectivity index (χ4v) is 0. The van der Waals surface area contributed by atoms with Gasteiger partial charge in [-0.25, -0.2) is 0 Å². The third kappa shape index (κ3) is 41500. The molecule has 0 rings (SSSR count). The first-order chi connectivity index (χ1) is 7.00. The summed E-state index contributed by atoms with van der Waals surface area (Å²) in [6.07, 6.45) is 0. The van der Waals surface area contributed by atoms with Gasteiger partial charge in [-0.2, -0.15) is 0 Å². The molecule has 7 N–H and O–H groups in total. The minimum Gasteiger partial charge on any atom is -0.400 e. The Balaban J connectivity index is -0.00000000628. The molecule has 0 aromatic carbocycles. The molecule has 105 valence electrons. The van der Waals surface area contributed by atoms with Crippen LogP contribution in [0.5, 0.6) is 0 Å². The Labute approximate surface area is 103 Å². The molecule has 0 saturated carbocycles. The fourth-order valence-electron chi connectivity index (χ4n) is 0. The van der Waals surface area contributed by atoms with Crippen molar-refractivity contribution in [1.82, 2.24) is 0 Å². The largest absolute Gasteiger partial charge is 2.00 e. The Kier molecular flexibility index (Phi) is 191000. The van der Waals surface area contributed by atoms with Crippen molar-refractivity contribution in [1.29, 1.82) is 0 Å². The molecule has 7 nitrogen and oxygen atoms in total. The van der Waals surface area contributed by atoms with Crippen LogP contribution in [-0.4, -0.2) is 85.5 Å². The van der Waals surface area contributed by atoms with Crippen LogP contribution in [-0.2, 0) is 16.8 Å². The van der Waals surface area contributed by atoms with Gasteiger partial charge in [0.2, 0.25) is 0 Å². The van der Waals surface area contributed by atoms with Crippen molar-refractivity contribution < 1.29 is 52.5 Å². The molecule has 0 aromatic rings. The van der Waals surface area contributed by atoms with Gasteiger partial charge in [-0.3, -0.25) is 0 Å². The predicted octanol–water partition coefficient (Wildman–Crippen LogP) is -2.74. The smallest absolute Gasteiger partial charge is 0.400 e. The van der Waals surface area contributed by atoms with Gasteiger partial charge in [0.15, 0.2) is 0 Å². The second kappa shape index (κ2) is 48500. The van der Waals surface area contributed by atoms with E-state index in [0.717, 1.165) is 49.8 Å². The van der Waals surface area contributed by atoms with Gasteiger partial charge in [0, 0.05) is 49.8 Å². The number of hydrogen-bond donors (Lipinski definition) is 7. The van der Waals surface area contributed by atoms with Crippen LogP contribution in [0, 0.1) is 0 Å². The molecule has 0 unspecified atom stereocenters. The summed E-state index contributed by atoms with van der Waals surface area (Å²) in [5.74, 6) is 0. The van der Waals surface area contributed by atoms with Gasteiger partial charge in [-0.05, 0) is 0 Å². The van der Waals surface area contributed by atoms with Gasteiger partial charge >= 0.3 is 16.8 Å². The third-order valence-corrected chi connectivity index (χ3v) is 0. The summed E-state index contributed by atoms with van der Waals surface area (Å²) >= 11 is 0. The van der Waals surface area contributed by atoms with E-state index in [0.29, 0.717) is 0 Å². The monoisotopic (exact) mass is 283 g/mol. The van der Waals surface area contributed by atoms with Crippen molar-refractivity contribution >= 4 is 0 Å². The summed E-state index contributed by atoms with van der Waals surface area (Å²) in [6.45, 7) is 0. The summed E-state index contributed by atoms with van der Waals surface area (Å²) < 4.78 is 0. The second-order valence-electron chi connectivity index (χ2n) is 0. The summed E-state index contributed by atoms with van der Waals surface area (Å²) in [7, 11) is 7.00. The molecule has 0 fully saturated rings. The first kappa shape index (κ1) is 59.0. The molecular formula is C7H28CoO7+2. The number of aliphatic hydroxyl groups is 7. The first-order valence-corrected chi connectivity index (χ1v) is 3.13. The van der Waals surface area contributed by atoms with Gasteiger partial charge in [0.1, 0.15) is 0 Å². The van der Waals surface area contributed by atoms with Gasteiger partial charge in [0.05, 0.1) is 0 Å². The molecular weight excluding hydrogens is 255 g/mol. The molecule has 15 heavy (non-hydrogen) atoms. The van der Waals surface area contributed by atoms with Gasteiger partial charge in [0.25, 0.3) is 0 Å². The van der Waals surface area contributed by atoms with E-state index in [-0.39, 0.29) is 16.8 Å². The van der Waals surface area contributed by atoms with Crippen molar-refractivity contribution in [2.45, 2.75) is 0 Å². The van der Waals surface area contributed by atoms with E-state index >= 15 is 0 Å². The van der Waals surface area contributed by atoms with Crippen molar-refractivity contribution in [3.63, 3.8) is 0 Å². The zero-order valence-electron chi connectivity index (χ0n) is 10.5. The minimum atomic E-state index is 0. The molecule has 0 bridgehead atoms. The Bertz CT molecular complexity index is 19.3. The molecule has 8 heteroatoms. The first-order valence-electron chi connectivity index (χ1n) is 3.13. The second-order valence-corrected chi connectivity index (χ2v) is 0. The number of rotatable bonds is 0. The topological polar surface area (TPSA) is 142 Å². The van der Waals surface area contributed by atoms with E-state index in [1.54, 1.807) is 0 Å². The quantitative estimate of drug-likeness (QED) is 0.255. The molecule has 0 aromatic heterocycles. The summed E-state index contributed by atoms with van der Waals surface area (Å²) in [4.78, 5) is 0. The van der Waals surface area contributed by atoms with Gasteiger partial charge < -0.3 is 35.7 Å². The van der Waals surface area contributed by atoms with Crippen LogP contribution >= 0.6 is 0 Å².